The van der Waals surface area contributed by atoms with E-state index in [0.29, 0.717) is 18.7 Å². The lowest BCUT2D eigenvalue weighted by Gasteiger charge is -2.16. The third-order valence-corrected chi connectivity index (χ3v) is 3.25. The van der Waals surface area contributed by atoms with Crippen LogP contribution in [-0.2, 0) is 13.0 Å². The van der Waals surface area contributed by atoms with Crippen molar-refractivity contribution >= 4 is 0 Å². The zero-order valence-electron chi connectivity index (χ0n) is 11.9. The van der Waals surface area contributed by atoms with Gasteiger partial charge in [0.2, 0.25) is 0 Å². The normalized spacial score (nSPS) is 12.4. The summed E-state index contributed by atoms with van der Waals surface area (Å²) in [6, 6.07) is 6.43. The molecule has 20 heavy (non-hydrogen) atoms. The fourth-order valence-corrected chi connectivity index (χ4v) is 2.36. The number of benzene rings is 1. The van der Waals surface area contributed by atoms with Gasteiger partial charge in [0.25, 0.3) is 0 Å². The van der Waals surface area contributed by atoms with Gasteiger partial charge in [0, 0.05) is 18.7 Å². The molecule has 0 bridgehead atoms. The summed E-state index contributed by atoms with van der Waals surface area (Å²) in [6.45, 7) is 4.59. The molecule has 0 radical (unpaired) electrons. The number of methoxy groups -OCH3 is 1. The molecule has 2 aromatic rings. The minimum atomic E-state index is -0.965. The minimum absolute atomic E-state index is 0.191. The predicted molar refractivity (Wildman–Crippen MR) is 74.3 cm³/mol. The van der Waals surface area contributed by atoms with E-state index in [9.17, 15) is 9.50 Å². The van der Waals surface area contributed by atoms with Crippen LogP contribution in [0.4, 0.5) is 4.39 Å². The second-order valence-corrected chi connectivity index (χ2v) is 4.67. The van der Waals surface area contributed by atoms with E-state index < -0.39 is 11.9 Å². The Bertz CT molecular complexity index is 596. The van der Waals surface area contributed by atoms with Crippen LogP contribution in [0.15, 0.2) is 24.3 Å². The smallest absolute Gasteiger partial charge is 0.132 e. The number of aromatic nitrogens is 2. The molecule has 0 aliphatic rings. The van der Waals surface area contributed by atoms with Crippen molar-refractivity contribution in [2.75, 3.05) is 7.11 Å². The van der Waals surface area contributed by atoms with Crippen molar-refractivity contribution in [1.29, 1.82) is 0 Å². The molecule has 2 rings (SSSR count). The van der Waals surface area contributed by atoms with Gasteiger partial charge >= 0.3 is 0 Å². The van der Waals surface area contributed by atoms with Gasteiger partial charge in [0.1, 0.15) is 11.6 Å². The van der Waals surface area contributed by atoms with Gasteiger partial charge in [-0.2, -0.15) is 5.10 Å². The number of hydrogen-bond acceptors (Lipinski definition) is 3. The first-order valence-electron chi connectivity index (χ1n) is 6.60. The van der Waals surface area contributed by atoms with Gasteiger partial charge in [-0.1, -0.05) is 6.07 Å². The fraction of sp³-hybridized carbons (Fsp3) is 0.400. The van der Waals surface area contributed by atoms with Crippen molar-refractivity contribution < 1.29 is 14.2 Å². The summed E-state index contributed by atoms with van der Waals surface area (Å²) >= 11 is 0. The Morgan fingerprint density at radius 1 is 1.45 bits per heavy atom. The van der Waals surface area contributed by atoms with Crippen LogP contribution in [0, 0.1) is 12.7 Å². The average Bonchev–Trinajstić information content (AvgIpc) is 2.78. The van der Waals surface area contributed by atoms with Gasteiger partial charge in [-0.3, -0.25) is 4.68 Å². The maximum Gasteiger partial charge on any atom is 0.132 e. The molecule has 0 amide bonds. The summed E-state index contributed by atoms with van der Waals surface area (Å²) in [6.07, 6.45) is -0.668. The Labute approximate surface area is 117 Å². The molecule has 1 heterocycles. The molecule has 5 heteroatoms. The number of aryl methyl sites for hydroxylation is 2. The standard InChI is InChI=1S/C15H19FN2O2/c1-4-18-11(8-10(2)17-18)9-13(19)15-12(16)6-5-7-14(15)20-3/h5-8,13,19H,4,9H2,1-3H3. The third-order valence-electron chi connectivity index (χ3n) is 3.25. The second kappa shape index (κ2) is 6.05. The molecule has 0 saturated heterocycles. The largest absolute Gasteiger partial charge is 0.496 e. The maximum atomic E-state index is 13.9. The van der Waals surface area contributed by atoms with Crippen molar-refractivity contribution in [1.82, 2.24) is 9.78 Å². The molecule has 1 aromatic heterocycles. The Balaban J connectivity index is 2.30. The first-order chi connectivity index (χ1) is 9.56. The number of nitrogens with zero attached hydrogens (tertiary/aromatic N) is 2. The van der Waals surface area contributed by atoms with E-state index in [1.807, 2.05) is 24.6 Å². The van der Waals surface area contributed by atoms with Crippen molar-refractivity contribution in [3.63, 3.8) is 0 Å². The zero-order chi connectivity index (χ0) is 14.7. The number of halogens is 1. The summed E-state index contributed by atoms with van der Waals surface area (Å²) in [5.74, 6) is -0.104. The van der Waals surface area contributed by atoms with Crippen LogP contribution in [0.1, 0.15) is 30.0 Å². The predicted octanol–water partition coefficient (Wildman–Crippen LogP) is 2.64. The highest BCUT2D eigenvalue weighted by Gasteiger charge is 2.20. The van der Waals surface area contributed by atoms with Gasteiger partial charge in [-0.25, -0.2) is 4.39 Å². The van der Waals surface area contributed by atoms with Crippen molar-refractivity contribution in [2.24, 2.45) is 0 Å². The maximum absolute atomic E-state index is 13.9. The quantitative estimate of drug-likeness (QED) is 0.914. The van der Waals surface area contributed by atoms with Crippen LogP contribution in [0.25, 0.3) is 0 Å². The molecular weight excluding hydrogens is 259 g/mol. The van der Waals surface area contributed by atoms with Crippen molar-refractivity contribution in [2.45, 2.75) is 32.9 Å². The van der Waals surface area contributed by atoms with Crippen LogP contribution in [0.2, 0.25) is 0 Å². The summed E-state index contributed by atoms with van der Waals surface area (Å²) in [5, 5.41) is 14.7. The molecule has 0 aliphatic heterocycles. The van der Waals surface area contributed by atoms with E-state index in [-0.39, 0.29) is 5.56 Å². The van der Waals surface area contributed by atoms with E-state index in [0.717, 1.165) is 11.4 Å². The molecule has 108 valence electrons. The third kappa shape index (κ3) is 2.82. The highest BCUT2D eigenvalue weighted by molar-refractivity contribution is 5.37. The van der Waals surface area contributed by atoms with Crippen LogP contribution in [-0.4, -0.2) is 22.0 Å². The average molecular weight is 278 g/mol. The van der Waals surface area contributed by atoms with Crippen LogP contribution >= 0.6 is 0 Å². The summed E-state index contributed by atoms with van der Waals surface area (Å²) < 4.78 is 20.9. The molecule has 1 atom stereocenters. The molecule has 1 aromatic carbocycles. The van der Waals surface area contributed by atoms with Gasteiger partial charge in [-0.05, 0) is 32.0 Å². The van der Waals surface area contributed by atoms with E-state index in [1.54, 1.807) is 12.1 Å². The van der Waals surface area contributed by atoms with E-state index in [1.165, 1.54) is 13.2 Å². The molecule has 0 aliphatic carbocycles. The molecule has 0 spiro atoms. The molecule has 0 saturated carbocycles. The van der Waals surface area contributed by atoms with E-state index in [2.05, 4.69) is 5.10 Å². The highest BCUT2D eigenvalue weighted by atomic mass is 19.1. The van der Waals surface area contributed by atoms with Crippen LogP contribution in [0.3, 0.4) is 0 Å². The minimum Gasteiger partial charge on any atom is -0.496 e. The molecule has 0 fully saturated rings. The number of aliphatic hydroxyl groups is 1. The highest BCUT2D eigenvalue weighted by Crippen LogP contribution is 2.30. The second-order valence-electron chi connectivity index (χ2n) is 4.67. The monoisotopic (exact) mass is 278 g/mol. The number of rotatable bonds is 5. The van der Waals surface area contributed by atoms with Gasteiger partial charge in [0.15, 0.2) is 0 Å². The van der Waals surface area contributed by atoms with Crippen LogP contribution < -0.4 is 4.74 Å². The Morgan fingerprint density at radius 3 is 2.85 bits per heavy atom. The zero-order valence-corrected chi connectivity index (χ0v) is 11.9. The van der Waals surface area contributed by atoms with E-state index >= 15 is 0 Å². The van der Waals surface area contributed by atoms with Gasteiger partial charge in [0.05, 0.1) is 24.5 Å². The van der Waals surface area contributed by atoms with Crippen LogP contribution in [0.5, 0.6) is 5.75 Å². The topological polar surface area (TPSA) is 47.3 Å². The van der Waals surface area contributed by atoms with Gasteiger partial charge < -0.3 is 9.84 Å². The summed E-state index contributed by atoms with van der Waals surface area (Å²) in [4.78, 5) is 0. The number of hydrogen-bond donors (Lipinski definition) is 1. The molecule has 1 unspecified atom stereocenters. The van der Waals surface area contributed by atoms with Gasteiger partial charge in [-0.15, -0.1) is 0 Å². The summed E-state index contributed by atoms with van der Waals surface area (Å²) in [7, 11) is 1.46. The number of ether oxygens (including phenoxy) is 1. The Hall–Kier alpha value is -1.88. The fourth-order valence-electron chi connectivity index (χ4n) is 2.36. The first kappa shape index (κ1) is 14.5. The first-order valence-corrected chi connectivity index (χ1v) is 6.60. The Kier molecular flexibility index (Phi) is 4.39. The molecule has 1 N–H and O–H groups in total. The lowest BCUT2D eigenvalue weighted by molar-refractivity contribution is 0.166. The molecular formula is C15H19FN2O2. The van der Waals surface area contributed by atoms with Crippen molar-refractivity contribution in [3.8, 4) is 5.75 Å². The lowest BCUT2D eigenvalue weighted by atomic mass is 10.0. The molecule has 4 nitrogen and oxygen atoms in total. The SMILES string of the molecule is CCn1nc(C)cc1CC(O)c1c(F)cccc1OC. The number of aliphatic hydroxyl groups excluding tert-OH is 1. The summed E-state index contributed by atoms with van der Waals surface area (Å²) in [5.41, 5.74) is 1.95. The lowest BCUT2D eigenvalue weighted by Crippen LogP contribution is -2.10. The van der Waals surface area contributed by atoms with Crippen molar-refractivity contribution in [3.05, 3.63) is 47.0 Å². The Morgan fingerprint density at radius 2 is 2.20 bits per heavy atom. The van der Waals surface area contributed by atoms with E-state index in [4.69, 9.17) is 4.74 Å².